The largest absolute Gasteiger partial charge is 0.348 e. The zero-order chi connectivity index (χ0) is 16.4. The zero-order valence-corrected chi connectivity index (χ0v) is 14.2. The van der Waals surface area contributed by atoms with Crippen molar-refractivity contribution in [2.24, 2.45) is 0 Å². The Labute approximate surface area is 137 Å². The average molecular weight is 314 g/mol. The van der Waals surface area contributed by atoms with Crippen molar-refractivity contribution in [3.05, 3.63) is 35.9 Å². The average Bonchev–Trinajstić information content (AvgIpc) is 2.95. The molecule has 124 valence electrons. The molecule has 1 N–H and O–H groups in total. The van der Waals surface area contributed by atoms with Gasteiger partial charge >= 0.3 is 0 Å². The maximum Gasteiger partial charge on any atom is 0.272 e. The van der Waals surface area contributed by atoms with Crippen LogP contribution in [0.4, 0.5) is 0 Å². The summed E-state index contributed by atoms with van der Waals surface area (Å²) in [6.45, 7) is 9.59. The van der Waals surface area contributed by atoms with Gasteiger partial charge < -0.3 is 14.6 Å². The monoisotopic (exact) mass is 314 g/mol. The van der Waals surface area contributed by atoms with E-state index in [1.165, 1.54) is 0 Å². The van der Waals surface area contributed by atoms with Crippen LogP contribution in [-0.2, 0) is 0 Å². The summed E-state index contributed by atoms with van der Waals surface area (Å²) in [5, 5.41) is 3.18. The third-order valence-electron chi connectivity index (χ3n) is 4.68. The number of hydrogen-bond donors (Lipinski definition) is 1. The lowest BCUT2D eigenvalue weighted by atomic mass is 10.0. The zero-order valence-electron chi connectivity index (χ0n) is 14.2. The summed E-state index contributed by atoms with van der Waals surface area (Å²) < 4.78 is 2.03. The summed E-state index contributed by atoms with van der Waals surface area (Å²) in [7, 11) is 0. The van der Waals surface area contributed by atoms with Gasteiger partial charge in [0.25, 0.3) is 5.91 Å². The Morgan fingerprint density at radius 1 is 1.35 bits per heavy atom. The summed E-state index contributed by atoms with van der Waals surface area (Å²) in [6, 6.07) is 6.15. The van der Waals surface area contributed by atoms with Gasteiger partial charge in [0, 0.05) is 31.2 Å². The molecule has 1 aliphatic heterocycles. The number of rotatable bonds is 4. The Morgan fingerprint density at radius 3 is 2.74 bits per heavy atom. The molecule has 0 spiro atoms. The minimum Gasteiger partial charge on any atom is -0.348 e. The van der Waals surface area contributed by atoms with Gasteiger partial charge in [-0.1, -0.05) is 26.8 Å². The number of aromatic nitrogens is 2. The number of nitrogens with zero attached hydrogens (tertiary/aromatic N) is 3. The molecule has 2 aromatic heterocycles. The van der Waals surface area contributed by atoms with Crippen LogP contribution in [0.25, 0.3) is 5.52 Å². The smallest absolute Gasteiger partial charge is 0.272 e. The van der Waals surface area contributed by atoms with Crippen LogP contribution >= 0.6 is 0 Å². The van der Waals surface area contributed by atoms with Crippen LogP contribution in [0.2, 0.25) is 0 Å². The van der Waals surface area contributed by atoms with E-state index in [1.54, 1.807) is 0 Å². The molecule has 23 heavy (non-hydrogen) atoms. The van der Waals surface area contributed by atoms with Crippen molar-refractivity contribution in [1.29, 1.82) is 0 Å². The first-order valence-electron chi connectivity index (χ1n) is 8.60. The molecule has 0 atom stereocenters. The highest BCUT2D eigenvalue weighted by Gasteiger charge is 2.23. The number of nitrogens with one attached hydrogen (secondary N) is 1. The van der Waals surface area contributed by atoms with E-state index < -0.39 is 0 Å². The molecule has 1 saturated heterocycles. The van der Waals surface area contributed by atoms with Crippen LogP contribution < -0.4 is 5.32 Å². The lowest BCUT2D eigenvalue weighted by Crippen LogP contribution is -2.44. The fourth-order valence-corrected chi connectivity index (χ4v) is 3.28. The number of hydrogen-bond acceptors (Lipinski definition) is 3. The van der Waals surface area contributed by atoms with Gasteiger partial charge in [0.15, 0.2) is 5.69 Å². The molecular formula is C18H26N4O. The van der Waals surface area contributed by atoms with E-state index >= 15 is 0 Å². The first-order valence-corrected chi connectivity index (χ1v) is 8.60. The second-order valence-electron chi connectivity index (χ2n) is 6.61. The Bertz CT molecular complexity index is 683. The molecular weight excluding hydrogens is 288 g/mol. The summed E-state index contributed by atoms with van der Waals surface area (Å²) in [4.78, 5) is 19.8. The van der Waals surface area contributed by atoms with Crippen LogP contribution in [0.15, 0.2) is 24.4 Å². The maximum atomic E-state index is 12.7. The molecule has 1 amide bonds. The standard InChI is InChI=1S/C18H26N4O/c1-4-21-11-8-14(9-12-21)19-18(23)16-15-7-5-6-10-22(15)17(20-16)13(2)3/h5-7,10,13-14H,4,8-9,11-12H2,1-3H3,(H,19,23). The van der Waals surface area contributed by atoms with Gasteiger partial charge in [-0.05, 0) is 31.5 Å². The second kappa shape index (κ2) is 6.71. The molecule has 5 heteroatoms. The van der Waals surface area contributed by atoms with Crippen molar-refractivity contribution in [3.63, 3.8) is 0 Å². The number of amides is 1. The number of imidazole rings is 1. The summed E-state index contributed by atoms with van der Waals surface area (Å²) in [6.07, 6.45) is 4.01. The van der Waals surface area contributed by atoms with Gasteiger partial charge in [-0.25, -0.2) is 4.98 Å². The predicted octanol–water partition coefficient (Wildman–Crippen LogP) is 2.67. The number of carbonyl (C=O) groups is 1. The van der Waals surface area contributed by atoms with Gasteiger partial charge in [0.1, 0.15) is 5.82 Å². The van der Waals surface area contributed by atoms with Crippen LogP contribution in [-0.4, -0.2) is 45.9 Å². The van der Waals surface area contributed by atoms with E-state index in [0.29, 0.717) is 5.69 Å². The van der Waals surface area contributed by atoms with Crippen LogP contribution in [0.5, 0.6) is 0 Å². The van der Waals surface area contributed by atoms with E-state index in [2.05, 4.69) is 36.0 Å². The Kier molecular flexibility index (Phi) is 4.66. The van der Waals surface area contributed by atoms with Crippen molar-refractivity contribution < 1.29 is 4.79 Å². The normalized spacial score (nSPS) is 17.0. The van der Waals surface area contributed by atoms with Crippen LogP contribution in [0.1, 0.15) is 55.8 Å². The van der Waals surface area contributed by atoms with Gasteiger partial charge in [0.05, 0.1) is 5.52 Å². The molecule has 0 unspecified atom stereocenters. The SMILES string of the molecule is CCN1CCC(NC(=O)c2nc(C(C)C)n3ccccc23)CC1. The van der Waals surface area contributed by atoms with Crippen molar-refractivity contribution in [2.45, 2.75) is 45.6 Å². The van der Waals surface area contributed by atoms with E-state index in [-0.39, 0.29) is 17.9 Å². The first kappa shape index (κ1) is 16.0. The van der Waals surface area contributed by atoms with Gasteiger partial charge in [-0.2, -0.15) is 0 Å². The molecule has 5 nitrogen and oxygen atoms in total. The lowest BCUT2D eigenvalue weighted by molar-refractivity contribution is 0.0909. The minimum atomic E-state index is -0.0458. The Hall–Kier alpha value is -1.88. The van der Waals surface area contributed by atoms with Gasteiger partial charge in [-0.15, -0.1) is 0 Å². The van der Waals surface area contributed by atoms with E-state index in [1.807, 2.05) is 28.8 Å². The highest BCUT2D eigenvalue weighted by Crippen LogP contribution is 2.20. The highest BCUT2D eigenvalue weighted by atomic mass is 16.2. The topological polar surface area (TPSA) is 49.6 Å². The lowest BCUT2D eigenvalue weighted by Gasteiger charge is -2.31. The summed E-state index contributed by atoms with van der Waals surface area (Å²) in [5.74, 6) is 1.17. The summed E-state index contributed by atoms with van der Waals surface area (Å²) in [5.41, 5.74) is 1.44. The van der Waals surface area contributed by atoms with Crippen LogP contribution in [0.3, 0.4) is 0 Å². The molecule has 0 aliphatic carbocycles. The molecule has 0 saturated carbocycles. The van der Waals surface area contributed by atoms with E-state index in [4.69, 9.17) is 0 Å². The van der Waals surface area contributed by atoms with Crippen molar-refractivity contribution in [3.8, 4) is 0 Å². The third-order valence-corrected chi connectivity index (χ3v) is 4.68. The van der Waals surface area contributed by atoms with E-state index in [0.717, 1.165) is 43.8 Å². The van der Waals surface area contributed by atoms with Crippen molar-refractivity contribution >= 4 is 11.4 Å². The molecule has 3 heterocycles. The fourth-order valence-electron chi connectivity index (χ4n) is 3.28. The molecule has 1 fully saturated rings. The quantitative estimate of drug-likeness (QED) is 0.944. The first-order chi connectivity index (χ1) is 11.1. The van der Waals surface area contributed by atoms with Crippen molar-refractivity contribution in [1.82, 2.24) is 19.6 Å². The third kappa shape index (κ3) is 3.24. The number of pyridine rings is 1. The number of fused-ring (bicyclic) bond motifs is 1. The second-order valence-corrected chi connectivity index (χ2v) is 6.61. The predicted molar refractivity (Wildman–Crippen MR) is 91.9 cm³/mol. The van der Waals surface area contributed by atoms with Crippen LogP contribution in [0, 0.1) is 0 Å². The van der Waals surface area contributed by atoms with Gasteiger partial charge in [-0.3, -0.25) is 4.79 Å². The Balaban J connectivity index is 1.79. The van der Waals surface area contributed by atoms with E-state index in [9.17, 15) is 4.79 Å². The molecule has 1 aliphatic rings. The maximum absolute atomic E-state index is 12.7. The number of likely N-dealkylation sites (tertiary alicyclic amines) is 1. The fraction of sp³-hybridized carbons (Fsp3) is 0.556. The van der Waals surface area contributed by atoms with Crippen molar-refractivity contribution in [2.75, 3.05) is 19.6 Å². The molecule has 0 aromatic carbocycles. The Morgan fingerprint density at radius 2 is 2.09 bits per heavy atom. The number of carbonyl (C=O) groups excluding carboxylic acids is 1. The molecule has 0 radical (unpaired) electrons. The molecule has 2 aromatic rings. The molecule has 3 rings (SSSR count). The minimum absolute atomic E-state index is 0.0458. The molecule has 0 bridgehead atoms. The highest BCUT2D eigenvalue weighted by molar-refractivity contribution is 5.99. The summed E-state index contributed by atoms with van der Waals surface area (Å²) >= 11 is 0. The number of piperidine rings is 1. The van der Waals surface area contributed by atoms with Gasteiger partial charge in [0.2, 0.25) is 0 Å².